The van der Waals surface area contributed by atoms with Crippen LogP contribution < -0.4 is 10.5 Å². The summed E-state index contributed by atoms with van der Waals surface area (Å²) in [5.41, 5.74) is -1.92. The average Bonchev–Trinajstić information content (AvgIpc) is 2.78. The molecule has 1 aromatic heterocycles. The van der Waals surface area contributed by atoms with Gasteiger partial charge in [0.15, 0.2) is 0 Å². The number of rotatable bonds is 3. The Balaban J connectivity index is 1.60. The van der Waals surface area contributed by atoms with Crippen LogP contribution in [0.2, 0.25) is 0 Å². The van der Waals surface area contributed by atoms with Crippen LogP contribution in [0.4, 0.5) is 23.2 Å². The van der Waals surface area contributed by atoms with Crippen LogP contribution in [-0.4, -0.2) is 46.5 Å². The number of hydrogen-bond donors (Lipinski definition) is 0. The largest absolute Gasteiger partial charge is 0.438 e. The third-order valence-corrected chi connectivity index (χ3v) is 5.59. The van der Waals surface area contributed by atoms with Gasteiger partial charge in [-0.1, -0.05) is 12.1 Å². The minimum absolute atomic E-state index is 0.0137. The molecule has 1 aliphatic heterocycles. The van der Waals surface area contributed by atoms with E-state index in [0.717, 1.165) is 10.3 Å². The molecule has 1 saturated heterocycles. The number of anilines is 1. The van der Waals surface area contributed by atoms with Crippen LogP contribution in [0.3, 0.4) is 0 Å². The van der Waals surface area contributed by atoms with E-state index in [4.69, 9.17) is 0 Å². The second kappa shape index (κ2) is 8.25. The molecule has 0 bridgehead atoms. The molecule has 4 rings (SSSR count). The highest BCUT2D eigenvalue weighted by molar-refractivity contribution is 5.83. The van der Waals surface area contributed by atoms with Gasteiger partial charge in [-0.15, -0.1) is 0 Å². The van der Waals surface area contributed by atoms with Crippen molar-refractivity contribution in [3.8, 4) is 0 Å². The molecule has 168 valence electrons. The van der Waals surface area contributed by atoms with Crippen LogP contribution in [0.15, 0.2) is 53.3 Å². The molecule has 1 amide bonds. The van der Waals surface area contributed by atoms with Crippen LogP contribution in [-0.2, 0) is 11.0 Å². The molecule has 10 heteroatoms. The number of amides is 1. The molecule has 1 fully saturated rings. The van der Waals surface area contributed by atoms with Gasteiger partial charge in [0.25, 0.3) is 5.56 Å². The normalized spacial score (nSPS) is 15.8. The van der Waals surface area contributed by atoms with E-state index in [2.05, 4.69) is 4.98 Å². The number of nitrogens with zero attached hydrogens (tertiary/aromatic N) is 4. The molecule has 1 atom stereocenters. The number of carbonyl (C=O) groups is 1. The summed E-state index contributed by atoms with van der Waals surface area (Å²) in [5, 5.41) is 0. The monoisotopic (exact) mass is 448 g/mol. The number of carbonyl (C=O) groups excluding carboxylic acids is 1. The van der Waals surface area contributed by atoms with Gasteiger partial charge in [0.05, 0.1) is 11.0 Å². The van der Waals surface area contributed by atoms with Gasteiger partial charge in [0.1, 0.15) is 11.9 Å². The third-order valence-electron chi connectivity index (χ3n) is 5.59. The minimum atomic E-state index is -4.94. The quantitative estimate of drug-likeness (QED) is 0.576. The fourth-order valence-electron chi connectivity index (χ4n) is 3.93. The molecule has 2 aromatic carbocycles. The summed E-state index contributed by atoms with van der Waals surface area (Å²) in [6, 6.07) is 10.8. The molecule has 6 nitrogen and oxygen atoms in total. The molecule has 0 radical (unpaired) electrons. The lowest BCUT2D eigenvalue weighted by Crippen LogP contribution is -2.51. The number of halogens is 4. The van der Waals surface area contributed by atoms with Crippen LogP contribution in [0, 0.1) is 5.82 Å². The lowest BCUT2D eigenvalue weighted by molar-refractivity contribution is -0.143. The molecule has 3 aromatic rings. The highest BCUT2D eigenvalue weighted by Gasteiger charge is 2.39. The van der Waals surface area contributed by atoms with Gasteiger partial charge in [-0.05, 0) is 43.3 Å². The zero-order valence-electron chi connectivity index (χ0n) is 17.1. The minimum Gasteiger partial charge on any atom is -0.368 e. The molecule has 0 N–H and O–H groups in total. The van der Waals surface area contributed by atoms with Crippen LogP contribution >= 0.6 is 0 Å². The van der Waals surface area contributed by atoms with Crippen molar-refractivity contribution in [2.75, 3.05) is 31.1 Å². The van der Waals surface area contributed by atoms with Gasteiger partial charge in [0, 0.05) is 31.9 Å². The van der Waals surface area contributed by atoms with Gasteiger partial charge in [-0.3, -0.25) is 14.2 Å². The van der Waals surface area contributed by atoms with Crippen LogP contribution in [0.1, 0.15) is 18.7 Å². The van der Waals surface area contributed by atoms with E-state index in [1.165, 1.54) is 42.2 Å². The molecule has 1 aliphatic rings. The molecular weight excluding hydrogens is 428 g/mol. The highest BCUT2D eigenvalue weighted by Crippen LogP contribution is 2.28. The maximum Gasteiger partial charge on any atom is 0.438 e. The van der Waals surface area contributed by atoms with E-state index in [1.54, 1.807) is 18.2 Å². The molecule has 2 heterocycles. The van der Waals surface area contributed by atoms with E-state index in [0.29, 0.717) is 26.2 Å². The van der Waals surface area contributed by atoms with Crippen molar-refractivity contribution in [3.05, 3.63) is 70.4 Å². The third kappa shape index (κ3) is 4.04. The fourth-order valence-corrected chi connectivity index (χ4v) is 3.93. The first-order valence-corrected chi connectivity index (χ1v) is 10.0. The Labute approximate surface area is 180 Å². The highest BCUT2D eigenvalue weighted by atomic mass is 19.4. The van der Waals surface area contributed by atoms with Crippen molar-refractivity contribution in [1.82, 2.24) is 14.5 Å². The molecular formula is C22H20F4N4O2. The van der Waals surface area contributed by atoms with Gasteiger partial charge >= 0.3 is 6.18 Å². The summed E-state index contributed by atoms with van der Waals surface area (Å²) in [4.78, 5) is 32.8. The topological polar surface area (TPSA) is 58.4 Å². The van der Waals surface area contributed by atoms with E-state index < -0.39 is 29.4 Å². The second-order valence-electron chi connectivity index (χ2n) is 7.59. The van der Waals surface area contributed by atoms with Gasteiger partial charge in [0.2, 0.25) is 11.6 Å². The van der Waals surface area contributed by atoms with E-state index in [-0.39, 0.29) is 16.9 Å². The molecule has 0 saturated carbocycles. The number of piperazine rings is 1. The Hall–Kier alpha value is -3.43. The van der Waals surface area contributed by atoms with Gasteiger partial charge in [-0.2, -0.15) is 13.2 Å². The summed E-state index contributed by atoms with van der Waals surface area (Å²) in [5.74, 6) is -0.792. The lowest BCUT2D eigenvalue weighted by Gasteiger charge is -2.37. The Kier molecular flexibility index (Phi) is 5.62. The van der Waals surface area contributed by atoms with Crippen LogP contribution in [0.25, 0.3) is 11.0 Å². The smallest absolute Gasteiger partial charge is 0.368 e. The number of benzene rings is 2. The zero-order chi connectivity index (χ0) is 23.0. The Bertz CT molecular complexity index is 1200. The number of aromatic nitrogens is 2. The molecule has 0 spiro atoms. The summed E-state index contributed by atoms with van der Waals surface area (Å²) >= 11 is 0. The van der Waals surface area contributed by atoms with Crippen molar-refractivity contribution >= 4 is 22.6 Å². The van der Waals surface area contributed by atoms with Crippen molar-refractivity contribution in [1.29, 1.82) is 0 Å². The van der Waals surface area contributed by atoms with Crippen molar-refractivity contribution in [2.24, 2.45) is 0 Å². The first kappa shape index (κ1) is 21.8. The first-order valence-electron chi connectivity index (χ1n) is 10.0. The summed E-state index contributed by atoms with van der Waals surface area (Å²) < 4.78 is 54.2. The standard InChI is InChI=1S/C22H20F4N4O2/c1-14(20(31)29-12-10-28(11-13-29)16-8-6-15(23)7-9-16)30-18-5-3-2-4-17(18)27-19(21(30)32)22(24,25)26/h2-9,14H,10-13H2,1H3/t14-/m1/s1. The van der Waals surface area contributed by atoms with E-state index in [1.807, 2.05) is 4.90 Å². The number of alkyl halides is 3. The summed E-state index contributed by atoms with van der Waals surface area (Å²) in [7, 11) is 0. The van der Waals surface area contributed by atoms with E-state index >= 15 is 0 Å². The number of hydrogen-bond acceptors (Lipinski definition) is 4. The zero-order valence-corrected chi connectivity index (χ0v) is 17.1. The van der Waals surface area contributed by atoms with Crippen LogP contribution in [0.5, 0.6) is 0 Å². The summed E-state index contributed by atoms with van der Waals surface area (Å²) in [6.45, 7) is 3.02. The van der Waals surface area contributed by atoms with Crippen molar-refractivity contribution < 1.29 is 22.4 Å². The second-order valence-corrected chi connectivity index (χ2v) is 7.59. The van der Waals surface area contributed by atoms with Gasteiger partial charge in [-0.25, -0.2) is 9.37 Å². The fraction of sp³-hybridized carbons (Fsp3) is 0.318. The lowest BCUT2D eigenvalue weighted by atomic mass is 10.2. The maximum absolute atomic E-state index is 13.4. The average molecular weight is 448 g/mol. The maximum atomic E-state index is 13.4. The van der Waals surface area contributed by atoms with Crippen molar-refractivity contribution in [3.63, 3.8) is 0 Å². The van der Waals surface area contributed by atoms with Gasteiger partial charge < -0.3 is 9.80 Å². The molecule has 0 unspecified atom stereocenters. The number of para-hydroxylation sites is 2. The Morgan fingerprint density at radius 2 is 1.62 bits per heavy atom. The predicted octanol–water partition coefficient (Wildman–Crippen LogP) is 3.46. The SMILES string of the molecule is C[C@H](C(=O)N1CCN(c2ccc(F)cc2)CC1)n1c(=O)c(C(F)(F)F)nc2ccccc21. The molecule has 32 heavy (non-hydrogen) atoms. The molecule has 0 aliphatic carbocycles. The van der Waals surface area contributed by atoms with Crippen molar-refractivity contribution in [2.45, 2.75) is 19.1 Å². The van der Waals surface area contributed by atoms with E-state index in [9.17, 15) is 27.2 Å². The summed E-state index contributed by atoms with van der Waals surface area (Å²) in [6.07, 6.45) is -4.94. The predicted molar refractivity (Wildman–Crippen MR) is 111 cm³/mol. The Morgan fingerprint density at radius 1 is 1.00 bits per heavy atom. The number of fused-ring (bicyclic) bond motifs is 1. The Morgan fingerprint density at radius 3 is 2.25 bits per heavy atom. The first-order chi connectivity index (χ1) is 15.2.